The Balaban J connectivity index is 2.73. The fourth-order valence-electron chi connectivity index (χ4n) is 1.08. The number of amides is 1. The lowest BCUT2D eigenvalue weighted by Crippen LogP contribution is -2.22. The summed E-state index contributed by atoms with van der Waals surface area (Å²) in [5.41, 5.74) is 1.06. The van der Waals surface area contributed by atoms with E-state index in [2.05, 4.69) is 21.2 Å². The van der Waals surface area contributed by atoms with Gasteiger partial charge in [0.25, 0.3) is 0 Å². The predicted octanol–water partition coefficient (Wildman–Crippen LogP) is 3.25. The molecule has 1 aromatic rings. The summed E-state index contributed by atoms with van der Waals surface area (Å²) in [6, 6.07) is 4.65. The van der Waals surface area contributed by atoms with Crippen molar-refractivity contribution in [3.8, 4) is 0 Å². The Labute approximate surface area is 97.0 Å². The summed E-state index contributed by atoms with van der Waals surface area (Å²) in [6.07, 6.45) is 0.695. The second-order valence-corrected chi connectivity index (χ2v) is 4.43. The van der Waals surface area contributed by atoms with Crippen LogP contribution in [0.15, 0.2) is 18.2 Å². The molecule has 1 N–H and O–H groups in total. The molecule has 0 saturated carbocycles. The number of halogens is 2. The van der Waals surface area contributed by atoms with E-state index in [9.17, 15) is 9.18 Å². The van der Waals surface area contributed by atoms with Crippen LogP contribution in [0.25, 0.3) is 0 Å². The summed E-state index contributed by atoms with van der Waals surface area (Å²) < 4.78 is 13.1. The van der Waals surface area contributed by atoms with E-state index in [-0.39, 0.29) is 16.6 Å². The number of alkyl halides is 1. The van der Waals surface area contributed by atoms with Crippen molar-refractivity contribution in [2.24, 2.45) is 0 Å². The van der Waals surface area contributed by atoms with E-state index in [1.165, 1.54) is 6.07 Å². The van der Waals surface area contributed by atoms with Crippen LogP contribution in [0.5, 0.6) is 0 Å². The Hall–Kier alpha value is -0.900. The van der Waals surface area contributed by atoms with E-state index in [4.69, 9.17) is 0 Å². The SMILES string of the molecule is CCC(Br)C(=O)Nc1ccc(C)c(F)c1. The van der Waals surface area contributed by atoms with Gasteiger partial charge < -0.3 is 5.32 Å². The van der Waals surface area contributed by atoms with Gasteiger partial charge in [-0.15, -0.1) is 0 Å². The second kappa shape index (κ2) is 5.26. The monoisotopic (exact) mass is 273 g/mol. The first kappa shape index (κ1) is 12.2. The first-order valence-corrected chi connectivity index (χ1v) is 5.67. The molecule has 1 aromatic carbocycles. The lowest BCUT2D eigenvalue weighted by Gasteiger charge is -2.09. The summed E-state index contributed by atoms with van der Waals surface area (Å²) >= 11 is 3.23. The van der Waals surface area contributed by atoms with Crippen LogP contribution in [-0.2, 0) is 4.79 Å². The average molecular weight is 274 g/mol. The van der Waals surface area contributed by atoms with Crippen LogP contribution in [0.2, 0.25) is 0 Å². The van der Waals surface area contributed by atoms with Crippen LogP contribution in [0.3, 0.4) is 0 Å². The van der Waals surface area contributed by atoms with Crippen molar-refractivity contribution in [3.05, 3.63) is 29.6 Å². The fraction of sp³-hybridized carbons (Fsp3) is 0.364. The molecular weight excluding hydrogens is 261 g/mol. The van der Waals surface area contributed by atoms with Crippen molar-refractivity contribution in [2.75, 3.05) is 5.32 Å². The van der Waals surface area contributed by atoms with Gasteiger partial charge in [-0.05, 0) is 31.0 Å². The van der Waals surface area contributed by atoms with Crippen LogP contribution >= 0.6 is 15.9 Å². The molecule has 82 valence electrons. The van der Waals surface area contributed by atoms with E-state index in [1.54, 1.807) is 19.1 Å². The van der Waals surface area contributed by atoms with Gasteiger partial charge in [0.05, 0.1) is 4.83 Å². The van der Waals surface area contributed by atoms with Crippen molar-refractivity contribution >= 4 is 27.5 Å². The number of benzene rings is 1. The summed E-state index contributed by atoms with van der Waals surface area (Å²) in [5, 5.41) is 2.63. The molecule has 0 fully saturated rings. The zero-order chi connectivity index (χ0) is 11.4. The van der Waals surface area contributed by atoms with Gasteiger partial charge in [0.15, 0.2) is 0 Å². The smallest absolute Gasteiger partial charge is 0.238 e. The molecule has 2 nitrogen and oxygen atoms in total. The van der Waals surface area contributed by atoms with Gasteiger partial charge in [-0.2, -0.15) is 0 Å². The number of nitrogens with one attached hydrogen (secondary N) is 1. The molecular formula is C11H13BrFNO. The van der Waals surface area contributed by atoms with Crippen LogP contribution < -0.4 is 5.32 Å². The maximum absolute atomic E-state index is 13.1. The summed E-state index contributed by atoms with van der Waals surface area (Å²) in [4.78, 5) is 11.2. The minimum Gasteiger partial charge on any atom is -0.325 e. The lowest BCUT2D eigenvalue weighted by atomic mass is 10.2. The van der Waals surface area contributed by atoms with E-state index >= 15 is 0 Å². The molecule has 4 heteroatoms. The van der Waals surface area contributed by atoms with Crippen molar-refractivity contribution in [1.29, 1.82) is 0 Å². The van der Waals surface area contributed by atoms with Crippen LogP contribution in [0, 0.1) is 12.7 Å². The van der Waals surface area contributed by atoms with Crippen LogP contribution in [0.4, 0.5) is 10.1 Å². The van der Waals surface area contributed by atoms with Gasteiger partial charge in [-0.1, -0.05) is 28.9 Å². The molecule has 15 heavy (non-hydrogen) atoms. The molecule has 1 rings (SSSR count). The summed E-state index contributed by atoms with van der Waals surface area (Å²) in [6.45, 7) is 3.58. The highest BCUT2D eigenvalue weighted by Gasteiger charge is 2.12. The topological polar surface area (TPSA) is 29.1 Å². The molecule has 0 aliphatic carbocycles. The number of hydrogen-bond acceptors (Lipinski definition) is 1. The van der Waals surface area contributed by atoms with Gasteiger partial charge >= 0.3 is 0 Å². The summed E-state index contributed by atoms with van der Waals surface area (Å²) in [7, 11) is 0. The Bertz CT molecular complexity index is 368. The highest BCUT2D eigenvalue weighted by Crippen LogP contribution is 2.15. The predicted molar refractivity (Wildman–Crippen MR) is 62.8 cm³/mol. The summed E-state index contributed by atoms with van der Waals surface area (Å²) in [5.74, 6) is -0.462. The Morgan fingerprint density at radius 1 is 1.60 bits per heavy atom. The van der Waals surface area contributed by atoms with E-state index < -0.39 is 0 Å². The quantitative estimate of drug-likeness (QED) is 0.842. The number of hydrogen-bond donors (Lipinski definition) is 1. The minimum atomic E-state index is -0.310. The number of carbonyl (C=O) groups excluding carboxylic acids is 1. The van der Waals surface area contributed by atoms with E-state index in [0.717, 1.165) is 0 Å². The van der Waals surface area contributed by atoms with Crippen molar-refractivity contribution in [1.82, 2.24) is 0 Å². The van der Waals surface area contributed by atoms with Gasteiger partial charge in [0.2, 0.25) is 5.91 Å². The molecule has 0 aliphatic rings. The fourth-order valence-corrected chi connectivity index (χ4v) is 1.19. The standard InChI is InChI=1S/C11H13BrFNO/c1-3-9(12)11(15)14-8-5-4-7(2)10(13)6-8/h4-6,9H,3H2,1-2H3,(H,14,15). The third kappa shape index (κ3) is 3.30. The zero-order valence-electron chi connectivity index (χ0n) is 8.68. The first-order valence-electron chi connectivity index (χ1n) is 4.75. The second-order valence-electron chi connectivity index (χ2n) is 3.33. The molecule has 0 spiro atoms. The third-order valence-electron chi connectivity index (χ3n) is 2.08. The Kier molecular flexibility index (Phi) is 4.27. The van der Waals surface area contributed by atoms with Crippen LogP contribution in [-0.4, -0.2) is 10.7 Å². The van der Waals surface area contributed by atoms with Crippen molar-refractivity contribution in [3.63, 3.8) is 0 Å². The van der Waals surface area contributed by atoms with Gasteiger partial charge in [-0.3, -0.25) is 4.79 Å². The normalized spacial score (nSPS) is 12.3. The van der Waals surface area contributed by atoms with E-state index in [1.807, 2.05) is 6.92 Å². The molecule has 0 aliphatic heterocycles. The molecule has 0 saturated heterocycles. The molecule has 1 amide bonds. The Morgan fingerprint density at radius 3 is 2.80 bits per heavy atom. The highest BCUT2D eigenvalue weighted by molar-refractivity contribution is 9.10. The first-order chi connectivity index (χ1) is 7.04. The number of rotatable bonds is 3. The van der Waals surface area contributed by atoms with Gasteiger partial charge in [-0.25, -0.2) is 4.39 Å². The largest absolute Gasteiger partial charge is 0.325 e. The van der Waals surface area contributed by atoms with Gasteiger partial charge in [0.1, 0.15) is 5.82 Å². The third-order valence-corrected chi connectivity index (χ3v) is 3.15. The van der Waals surface area contributed by atoms with Crippen molar-refractivity contribution in [2.45, 2.75) is 25.1 Å². The minimum absolute atomic E-state index is 0.152. The molecule has 0 bridgehead atoms. The van der Waals surface area contributed by atoms with Crippen LogP contribution in [0.1, 0.15) is 18.9 Å². The number of aryl methyl sites for hydroxylation is 1. The molecule has 0 heterocycles. The number of anilines is 1. The van der Waals surface area contributed by atoms with Gasteiger partial charge in [0, 0.05) is 5.69 Å². The maximum atomic E-state index is 13.1. The van der Waals surface area contributed by atoms with E-state index in [0.29, 0.717) is 17.7 Å². The average Bonchev–Trinajstić information content (AvgIpc) is 2.22. The molecule has 1 atom stereocenters. The van der Waals surface area contributed by atoms with Crippen molar-refractivity contribution < 1.29 is 9.18 Å². The molecule has 0 radical (unpaired) electrons. The maximum Gasteiger partial charge on any atom is 0.238 e. The zero-order valence-corrected chi connectivity index (χ0v) is 10.3. The number of carbonyl (C=O) groups is 1. The highest BCUT2D eigenvalue weighted by atomic mass is 79.9. The molecule has 0 aromatic heterocycles. The Morgan fingerprint density at radius 2 is 2.27 bits per heavy atom. The molecule has 1 unspecified atom stereocenters. The lowest BCUT2D eigenvalue weighted by molar-refractivity contribution is -0.115.